The number of imidazole rings is 1. The van der Waals surface area contributed by atoms with Crippen LogP contribution >= 0.6 is 11.6 Å². The molecule has 1 aliphatic heterocycles. The molecule has 5 heteroatoms. The molecule has 0 aromatic carbocycles. The normalized spacial score (nSPS) is 16.7. The van der Waals surface area contributed by atoms with E-state index >= 15 is 0 Å². The molecule has 2 aromatic heterocycles. The maximum absolute atomic E-state index is 5.98. The first-order valence-corrected chi connectivity index (χ1v) is 6.99. The molecule has 96 valence electrons. The standard InChI is InChI=1S/C13H17ClN4/c14-9-13-16-11-10-15-4-3-12(11)18(13)8-7-17-5-1-2-6-17/h3-4,10H,1-2,5-9H2. The summed E-state index contributed by atoms with van der Waals surface area (Å²) in [7, 11) is 0. The van der Waals surface area contributed by atoms with E-state index in [9.17, 15) is 0 Å². The van der Waals surface area contributed by atoms with Crippen LogP contribution in [0.4, 0.5) is 0 Å². The molecule has 0 saturated carbocycles. The Bertz CT molecular complexity index is 531. The number of hydrogen-bond donors (Lipinski definition) is 0. The van der Waals surface area contributed by atoms with E-state index in [1.54, 1.807) is 6.20 Å². The minimum absolute atomic E-state index is 0.453. The van der Waals surface area contributed by atoms with Crippen LogP contribution in [0.3, 0.4) is 0 Å². The van der Waals surface area contributed by atoms with Gasteiger partial charge in [-0.05, 0) is 32.0 Å². The van der Waals surface area contributed by atoms with Crippen LogP contribution in [0.1, 0.15) is 18.7 Å². The number of rotatable bonds is 4. The molecular formula is C13H17ClN4. The zero-order valence-corrected chi connectivity index (χ0v) is 11.1. The lowest BCUT2D eigenvalue weighted by atomic mass is 10.4. The van der Waals surface area contributed by atoms with E-state index in [2.05, 4.69) is 19.4 Å². The number of likely N-dealkylation sites (tertiary alicyclic amines) is 1. The first-order chi connectivity index (χ1) is 8.88. The fraction of sp³-hybridized carbons (Fsp3) is 0.538. The molecule has 1 saturated heterocycles. The van der Waals surface area contributed by atoms with Gasteiger partial charge in [0.2, 0.25) is 0 Å². The second-order valence-corrected chi connectivity index (χ2v) is 4.99. The van der Waals surface area contributed by atoms with E-state index in [1.807, 2.05) is 12.3 Å². The highest BCUT2D eigenvalue weighted by Crippen LogP contribution is 2.17. The minimum Gasteiger partial charge on any atom is -0.326 e. The molecule has 0 amide bonds. The van der Waals surface area contributed by atoms with Gasteiger partial charge in [0.1, 0.15) is 11.3 Å². The third-order valence-corrected chi connectivity index (χ3v) is 3.83. The van der Waals surface area contributed by atoms with Gasteiger partial charge in [-0.25, -0.2) is 4.98 Å². The summed E-state index contributed by atoms with van der Waals surface area (Å²) in [5.41, 5.74) is 2.08. The highest BCUT2D eigenvalue weighted by Gasteiger charge is 2.14. The number of fused-ring (bicyclic) bond motifs is 1. The molecule has 4 nitrogen and oxygen atoms in total. The van der Waals surface area contributed by atoms with Crippen LogP contribution in [-0.4, -0.2) is 39.1 Å². The zero-order valence-electron chi connectivity index (χ0n) is 10.3. The van der Waals surface area contributed by atoms with Crippen molar-refractivity contribution in [2.45, 2.75) is 25.3 Å². The van der Waals surface area contributed by atoms with Crippen molar-refractivity contribution in [2.24, 2.45) is 0 Å². The van der Waals surface area contributed by atoms with Crippen molar-refractivity contribution < 1.29 is 0 Å². The van der Waals surface area contributed by atoms with Gasteiger partial charge in [0.15, 0.2) is 0 Å². The summed E-state index contributed by atoms with van der Waals surface area (Å²) < 4.78 is 2.22. The first kappa shape index (κ1) is 11.9. The Morgan fingerprint density at radius 1 is 1.22 bits per heavy atom. The summed E-state index contributed by atoms with van der Waals surface area (Å²) in [6.45, 7) is 4.50. The maximum Gasteiger partial charge on any atom is 0.124 e. The van der Waals surface area contributed by atoms with Crippen LogP contribution in [0.5, 0.6) is 0 Å². The van der Waals surface area contributed by atoms with Gasteiger partial charge >= 0.3 is 0 Å². The monoisotopic (exact) mass is 264 g/mol. The van der Waals surface area contributed by atoms with Gasteiger partial charge in [-0.1, -0.05) is 0 Å². The molecule has 1 fully saturated rings. The van der Waals surface area contributed by atoms with Crippen molar-refractivity contribution in [3.8, 4) is 0 Å². The highest BCUT2D eigenvalue weighted by atomic mass is 35.5. The smallest absolute Gasteiger partial charge is 0.124 e. The lowest BCUT2D eigenvalue weighted by molar-refractivity contribution is 0.323. The van der Waals surface area contributed by atoms with Crippen LogP contribution < -0.4 is 0 Å². The predicted molar refractivity (Wildman–Crippen MR) is 72.8 cm³/mol. The molecule has 0 bridgehead atoms. The van der Waals surface area contributed by atoms with Crippen molar-refractivity contribution in [3.63, 3.8) is 0 Å². The SMILES string of the molecule is ClCc1nc2cnccc2n1CCN1CCCC1. The number of halogens is 1. The van der Waals surface area contributed by atoms with Crippen molar-refractivity contribution in [2.75, 3.05) is 19.6 Å². The first-order valence-electron chi connectivity index (χ1n) is 6.46. The molecule has 0 spiro atoms. The van der Waals surface area contributed by atoms with Crippen molar-refractivity contribution >= 4 is 22.6 Å². The quantitative estimate of drug-likeness (QED) is 0.795. The second kappa shape index (κ2) is 5.24. The lowest BCUT2D eigenvalue weighted by Crippen LogP contribution is -2.24. The fourth-order valence-corrected chi connectivity index (χ4v) is 2.83. The second-order valence-electron chi connectivity index (χ2n) is 4.73. The average Bonchev–Trinajstić information content (AvgIpc) is 3.03. The molecular weight excluding hydrogens is 248 g/mol. The maximum atomic E-state index is 5.98. The van der Waals surface area contributed by atoms with Crippen molar-refractivity contribution in [1.29, 1.82) is 0 Å². The molecule has 0 atom stereocenters. The van der Waals surface area contributed by atoms with Gasteiger partial charge in [-0.3, -0.25) is 4.98 Å². The number of alkyl halides is 1. The topological polar surface area (TPSA) is 34.0 Å². The van der Waals surface area contributed by atoms with E-state index in [0.717, 1.165) is 29.9 Å². The third-order valence-electron chi connectivity index (χ3n) is 3.59. The molecule has 3 heterocycles. The molecule has 0 unspecified atom stereocenters. The third kappa shape index (κ3) is 2.22. The number of aromatic nitrogens is 3. The summed E-state index contributed by atoms with van der Waals surface area (Å²) in [6.07, 6.45) is 6.28. The molecule has 3 rings (SSSR count). The van der Waals surface area contributed by atoms with Gasteiger partial charge in [0.05, 0.1) is 17.6 Å². The number of hydrogen-bond acceptors (Lipinski definition) is 3. The van der Waals surface area contributed by atoms with Gasteiger partial charge in [-0.2, -0.15) is 0 Å². The van der Waals surface area contributed by atoms with Gasteiger partial charge in [-0.15, -0.1) is 11.6 Å². The predicted octanol–water partition coefficient (Wildman–Crippen LogP) is 2.27. The number of pyridine rings is 1. The van der Waals surface area contributed by atoms with Crippen LogP contribution in [0.25, 0.3) is 11.0 Å². The summed E-state index contributed by atoms with van der Waals surface area (Å²) in [6, 6.07) is 2.02. The Kier molecular flexibility index (Phi) is 3.48. The molecule has 18 heavy (non-hydrogen) atoms. The van der Waals surface area contributed by atoms with Crippen LogP contribution in [-0.2, 0) is 12.4 Å². The van der Waals surface area contributed by atoms with E-state index in [-0.39, 0.29) is 0 Å². The zero-order chi connectivity index (χ0) is 12.4. The average molecular weight is 265 g/mol. The van der Waals surface area contributed by atoms with Gasteiger partial charge in [0, 0.05) is 19.3 Å². The van der Waals surface area contributed by atoms with E-state index < -0.39 is 0 Å². The van der Waals surface area contributed by atoms with Crippen LogP contribution in [0.15, 0.2) is 18.5 Å². The summed E-state index contributed by atoms with van der Waals surface area (Å²) >= 11 is 5.98. The van der Waals surface area contributed by atoms with Crippen LogP contribution in [0.2, 0.25) is 0 Å². The Balaban J connectivity index is 1.84. The van der Waals surface area contributed by atoms with E-state index in [0.29, 0.717) is 5.88 Å². The Morgan fingerprint density at radius 2 is 2.06 bits per heavy atom. The number of nitrogens with zero attached hydrogens (tertiary/aromatic N) is 4. The molecule has 2 aromatic rings. The Hall–Kier alpha value is -1.13. The summed E-state index contributed by atoms with van der Waals surface area (Å²) in [5.74, 6) is 1.40. The molecule has 0 aliphatic carbocycles. The van der Waals surface area contributed by atoms with Crippen molar-refractivity contribution in [3.05, 3.63) is 24.3 Å². The Morgan fingerprint density at radius 3 is 2.83 bits per heavy atom. The largest absolute Gasteiger partial charge is 0.326 e. The van der Waals surface area contributed by atoms with Gasteiger partial charge < -0.3 is 9.47 Å². The molecule has 0 N–H and O–H groups in total. The van der Waals surface area contributed by atoms with Crippen LogP contribution in [0, 0.1) is 0 Å². The molecule has 0 radical (unpaired) electrons. The highest BCUT2D eigenvalue weighted by molar-refractivity contribution is 6.16. The fourth-order valence-electron chi connectivity index (χ4n) is 2.63. The van der Waals surface area contributed by atoms with Gasteiger partial charge in [0.25, 0.3) is 0 Å². The summed E-state index contributed by atoms with van der Waals surface area (Å²) in [5, 5.41) is 0. The van der Waals surface area contributed by atoms with E-state index in [1.165, 1.54) is 25.9 Å². The van der Waals surface area contributed by atoms with Crippen molar-refractivity contribution in [1.82, 2.24) is 19.4 Å². The minimum atomic E-state index is 0.453. The lowest BCUT2D eigenvalue weighted by Gasteiger charge is -2.16. The van der Waals surface area contributed by atoms with E-state index in [4.69, 9.17) is 11.6 Å². The Labute approximate surface area is 112 Å². The summed E-state index contributed by atoms with van der Waals surface area (Å²) in [4.78, 5) is 11.1. The molecule has 1 aliphatic rings.